The first-order valence-electron chi connectivity index (χ1n) is 22.8. The van der Waals surface area contributed by atoms with E-state index in [0.29, 0.717) is 55.7 Å². The fraction of sp³-hybridized carbons (Fsp3) is 0.392. The quantitative estimate of drug-likeness (QED) is 0.0312. The lowest BCUT2D eigenvalue weighted by Crippen LogP contribution is -2.70. The van der Waals surface area contributed by atoms with Crippen molar-refractivity contribution >= 4 is 23.6 Å². The summed E-state index contributed by atoms with van der Waals surface area (Å²) < 4.78 is 40.5. The molecule has 0 aromatic heterocycles. The Hall–Kier alpha value is -6.62. The standard InChI is InChI=1S/C51H57FN4O11/c1-3-28-63-51-46(55(32-34-16-18-37(52)19-17-34)50(60)66-39-22-20-38(21-23-39)56(61)62)31-44(54-64-33-35-12-6-5-7-13-35)42-29-36(14-8-10-26-57)41(15-9-11-27-58)47(48(42)51)43-30-40(24-25-45(43)67-51)65-49(59)53-4-2/h3,5-7,12-13,16-25,29-30,36,41,46-48,57-58H,1,4,8-11,14-15,26-28,31-33H2,2H3,(H,53,59). The maximum absolute atomic E-state index is 15.0. The summed E-state index contributed by atoms with van der Waals surface area (Å²) in [4.78, 5) is 46.4. The molecular weight excluding hydrogens is 864 g/mol. The first-order chi connectivity index (χ1) is 32.6. The second-order valence-corrected chi connectivity index (χ2v) is 16.8. The van der Waals surface area contributed by atoms with E-state index in [9.17, 15) is 29.5 Å². The topological polar surface area (TPSA) is 192 Å². The average molecular weight is 921 g/mol. The van der Waals surface area contributed by atoms with Gasteiger partial charge in [0.25, 0.3) is 5.69 Å². The number of nitro groups is 1. The summed E-state index contributed by atoms with van der Waals surface area (Å²) in [6.45, 7) is 6.16. The lowest BCUT2D eigenvalue weighted by atomic mass is 9.55. The van der Waals surface area contributed by atoms with Crippen molar-refractivity contribution in [3.8, 4) is 17.2 Å². The summed E-state index contributed by atoms with van der Waals surface area (Å²) >= 11 is 0. The molecule has 67 heavy (non-hydrogen) atoms. The van der Waals surface area contributed by atoms with Crippen LogP contribution < -0.4 is 19.5 Å². The van der Waals surface area contributed by atoms with Crippen LogP contribution in [0.2, 0.25) is 0 Å². The van der Waals surface area contributed by atoms with Crippen LogP contribution in [0.5, 0.6) is 17.2 Å². The Bertz CT molecular complexity index is 2400. The number of hydrogen-bond donors (Lipinski definition) is 3. The van der Waals surface area contributed by atoms with Crippen LogP contribution in [0.4, 0.5) is 19.7 Å². The molecule has 3 N–H and O–H groups in total. The Morgan fingerprint density at radius 2 is 1.67 bits per heavy atom. The number of allylic oxidation sites excluding steroid dienone is 1. The number of nitrogens with one attached hydrogen (secondary N) is 1. The molecule has 1 heterocycles. The average Bonchev–Trinajstić information content (AvgIpc) is 3.32. The highest BCUT2D eigenvalue weighted by Crippen LogP contribution is 2.62. The van der Waals surface area contributed by atoms with E-state index in [1.807, 2.05) is 36.4 Å². The molecule has 15 nitrogen and oxygen atoms in total. The summed E-state index contributed by atoms with van der Waals surface area (Å²) in [5.74, 6) is -2.78. The van der Waals surface area contributed by atoms with E-state index < -0.39 is 46.6 Å². The Labute approximate surface area is 389 Å². The van der Waals surface area contributed by atoms with Crippen molar-refractivity contribution in [3.05, 3.63) is 154 Å². The van der Waals surface area contributed by atoms with Gasteiger partial charge < -0.3 is 39.3 Å². The number of amides is 2. The Kier molecular flexibility index (Phi) is 16.4. The van der Waals surface area contributed by atoms with Crippen LogP contribution in [0.25, 0.3) is 0 Å². The van der Waals surface area contributed by atoms with E-state index in [2.05, 4.69) is 18.0 Å². The molecule has 1 saturated carbocycles. The maximum atomic E-state index is 15.0. The monoisotopic (exact) mass is 920 g/mol. The van der Waals surface area contributed by atoms with E-state index in [1.165, 1.54) is 41.3 Å². The number of nitro benzene ring substituents is 1. The van der Waals surface area contributed by atoms with Crippen LogP contribution in [-0.4, -0.2) is 76.1 Å². The van der Waals surface area contributed by atoms with Gasteiger partial charge in [-0.3, -0.25) is 15.0 Å². The highest BCUT2D eigenvalue weighted by Gasteiger charge is 2.66. The van der Waals surface area contributed by atoms with Gasteiger partial charge in [0.15, 0.2) is 0 Å². The smallest absolute Gasteiger partial charge is 0.416 e. The lowest BCUT2D eigenvalue weighted by Gasteiger charge is -2.59. The molecule has 3 aliphatic rings. The number of oxime groups is 1. The summed E-state index contributed by atoms with van der Waals surface area (Å²) in [5.41, 5.74) is 3.27. The number of rotatable bonds is 21. The molecule has 0 radical (unpaired) electrons. The Balaban J connectivity index is 1.46. The van der Waals surface area contributed by atoms with Crippen molar-refractivity contribution in [3.63, 3.8) is 0 Å². The van der Waals surface area contributed by atoms with E-state index in [0.717, 1.165) is 23.1 Å². The maximum Gasteiger partial charge on any atom is 0.416 e. The minimum absolute atomic E-state index is 0.000540. The van der Waals surface area contributed by atoms with Crippen LogP contribution in [0.15, 0.2) is 127 Å². The van der Waals surface area contributed by atoms with Gasteiger partial charge in [-0.2, -0.15) is 0 Å². The molecule has 0 bridgehead atoms. The van der Waals surface area contributed by atoms with Crippen LogP contribution >= 0.6 is 0 Å². The minimum Gasteiger partial charge on any atom is -0.459 e. The third-order valence-electron chi connectivity index (χ3n) is 12.6. The van der Waals surface area contributed by atoms with Gasteiger partial charge in [0, 0.05) is 56.3 Å². The molecule has 7 rings (SSSR count). The van der Waals surface area contributed by atoms with Gasteiger partial charge in [0.2, 0.25) is 5.79 Å². The molecule has 6 atom stereocenters. The number of benzene rings is 4. The number of carbonyl (C=O) groups is 2. The number of fused-ring (bicyclic) bond motifs is 2. The second kappa shape index (κ2) is 22.7. The van der Waals surface area contributed by atoms with Gasteiger partial charge in [0.1, 0.15) is 35.7 Å². The third-order valence-corrected chi connectivity index (χ3v) is 12.6. The van der Waals surface area contributed by atoms with E-state index in [4.69, 9.17) is 28.9 Å². The third kappa shape index (κ3) is 11.3. The number of halogens is 1. The molecule has 1 aliphatic heterocycles. The first-order valence-corrected chi connectivity index (χ1v) is 22.8. The molecule has 4 aromatic carbocycles. The molecule has 16 heteroatoms. The molecule has 1 fully saturated rings. The second-order valence-electron chi connectivity index (χ2n) is 16.8. The van der Waals surface area contributed by atoms with E-state index in [-0.39, 0.29) is 68.4 Å². The predicted octanol–water partition coefficient (Wildman–Crippen LogP) is 9.38. The zero-order chi connectivity index (χ0) is 47.3. The van der Waals surface area contributed by atoms with Crippen LogP contribution in [0.1, 0.15) is 74.5 Å². The number of aliphatic hydroxyl groups excluding tert-OH is 2. The predicted molar refractivity (Wildman–Crippen MR) is 247 cm³/mol. The number of unbranched alkanes of at least 4 members (excludes halogenated alkanes) is 2. The van der Waals surface area contributed by atoms with Crippen LogP contribution in [0.3, 0.4) is 0 Å². The molecule has 0 saturated heterocycles. The number of carbonyl (C=O) groups excluding carboxylic acids is 2. The minimum atomic E-state index is -1.70. The highest BCUT2D eigenvalue weighted by molar-refractivity contribution is 6.03. The normalized spacial score (nSPS) is 22.0. The van der Waals surface area contributed by atoms with Crippen molar-refractivity contribution in [1.82, 2.24) is 10.2 Å². The highest BCUT2D eigenvalue weighted by atomic mass is 19.1. The van der Waals surface area contributed by atoms with Crippen molar-refractivity contribution in [2.45, 2.75) is 82.8 Å². The molecule has 0 spiro atoms. The fourth-order valence-corrected chi connectivity index (χ4v) is 9.64. The van der Waals surface area contributed by atoms with Gasteiger partial charge in [0.05, 0.1) is 23.2 Å². The zero-order valence-corrected chi connectivity index (χ0v) is 37.5. The van der Waals surface area contributed by atoms with Gasteiger partial charge in [-0.1, -0.05) is 72.6 Å². The number of nitrogens with zero attached hydrogens (tertiary/aromatic N) is 3. The van der Waals surface area contributed by atoms with Gasteiger partial charge in [-0.05, 0) is 104 Å². The summed E-state index contributed by atoms with van der Waals surface area (Å²) in [6, 6.07) is 24.5. The summed E-state index contributed by atoms with van der Waals surface area (Å²) in [6.07, 6.45) is 6.26. The summed E-state index contributed by atoms with van der Waals surface area (Å²) in [7, 11) is 0. The number of hydrogen-bond acceptors (Lipinski definition) is 12. The lowest BCUT2D eigenvalue weighted by molar-refractivity contribution is -0.384. The van der Waals surface area contributed by atoms with Gasteiger partial charge >= 0.3 is 12.2 Å². The molecule has 354 valence electrons. The molecule has 4 aromatic rings. The van der Waals surface area contributed by atoms with Crippen molar-refractivity contribution in [2.75, 3.05) is 26.4 Å². The first kappa shape index (κ1) is 48.3. The SMILES string of the molecule is C=CCOC12Oc3ccc(OC(=O)NCC)cc3C3C(CCCCO)C(CCCCO)C=C(C(=NOCc4ccccc4)CC1N(Cc1ccc(F)cc1)C(=O)Oc1ccc([N+](=O)[O-])cc1)C32. The Morgan fingerprint density at radius 1 is 0.955 bits per heavy atom. The van der Waals surface area contributed by atoms with Crippen LogP contribution in [-0.2, 0) is 22.7 Å². The van der Waals surface area contributed by atoms with E-state index >= 15 is 4.79 Å². The largest absolute Gasteiger partial charge is 0.459 e. The van der Waals surface area contributed by atoms with Gasteiger partial charge in [-0.15, -0.1) is 6.58 Å². The molecule has 6 unspecified atom stereocenters. The Morgan fingerprint density at radius 3 is 2.36 bits per heavy atom. The zero-order valence-electron chi connectivity index (χ0n) is 37.5. The van der Waals surface area contributed by atoms with E-state index in [1.54, 1.807) is 37.3 Å². The van der Waals surface area contributed by atoms with Gasteiger partial charge in [-0.25, -0.2) is 14.0 Å². The number of non-ortho nitro benzene ring substituents is 1. The molecule has 2 aliphatic carbocycles. The number of ether oxygens (including phenoxy) is 4. The molecular formula is C51H57FN4O11. The fourth-order valence-electron chi connectivity index (χ4n) is 9.64. The molecule has 2 amide bonds. The van der Waals surface area contributed by atoms with Crippen LogP contribution in [0, 0.1) is 33.7 Å². The summed E-state index contributed by atoms with van der Waals surface area (Å²) in [5, 5.41) is 39.0. The number of aliphatic hydroxyl groups is 2. The van der Waals surface area contributed by atoms with Crippen molar-refractivity contribution in [2.24, 2.45) is 22.9 Å². The van der Waals surface area contributed by atoms with Crippen molar-refractivity contribution < 1.29 is 52.9 Å². The van der Waals surface area contributed by atoms with Crippen molar-refractivity contribution in [1.29, 1.82) is 0 Å².